The summed E-state index contributed by atoms with van der Waals surface area (Å²) in [4.78, 5) is 28.4. The highest BCUT2D eigenvalue weighted by Gasteiger charge is 2.28. The number of sulfonamides is 1. The average molecular weight is 420 g/mol. The Kier molecular flexibility index (Phi) is 7.68. The zero-order valence-corrected chi connectivity index (χ0v) is 17.2. The van der Waals surface area contributed by atoms with Crippen molar-refractivity contribution in [3.63, 3.8) is 0 Å². The predicted molar refractivity (Wildman–Crippen MR) is 108 cm³/mol. The van der Waals surface area contributed by atoms with Gasteiger partial charge in [0.15, 0.2) is 0 Å². The van der Waals surface area contributed by atoms with Crippen LogP contribution in [0.1, 0.15) is 13.8 Å². The zero-order valence-electron chi connectivity index (χ0n) is 16.4. The van der Waals surface area contributed by atoms with E-state index in [2.05, 4.69) is 20.3 Å². The van der Waals surface area contributed by atoms with E-state index in [9.17, 15) is 18.0 Å². The Morgan fingerprint density at radius 2 is 1.83 bits per heavy atom. The van der Waals surface area contributed by atoms with Gasteiger partial charge in [-0.15, -0.1) is 0 Å². The van der Waals surface area contributed by atoms with Crippen molar-refractivity contribution in [3.05, 3.63) is 48.8 Å². The van der Waals surface area contributed by atoms with Gasteiger partial charge in [0.05, 0.1) is 30.4 Å². The Morgan fingerprint density at radius 3 is 2.38 bits per heavy atom. The van der Waals surface area contributed by atoms with Gasteiger partial charge in [-0.25, -0.2) is 8.42 Å². The Morgan fingerprint density at radius 1 is 1.14 bits per heavy atom. The Balaban J connectivity index is 2.00. The summed E-state index contributed by atoms with van der Waals surface area (Å²) in [6.45, 7) is 3.11. The van der Waals surface area contributed by atoms with Crippen LogP contribution in [0.2, 0.25) is 0 Å². The summed E-state index contributed by atoms with van der Waals surface area (Å²) in [5.41, 5.74) is 0.493. The van der Waals surface area contributed by atoms with Gasteiger partial charge in [-0.2, -0.15) is 4.72 Å². The summed E-state index contributed by atoms with van der Waals surface area (Å²) in [7, 11) is -2.46. The van der Waals surface area contributed by atoms with Crippen molar-refractivity contribution in [3.8, 4) is 5.75 Å². The first-order chi connectivity index (χ1) is 13.7. The lowest BCUT2D eigenvalue weighted by atomic mass is 10.1. The number of ether oxygens (including phenoxy) is 1. The van der Waals surface area contributed by atoms with Crippen LogP contribution in [-0.4, -0.2) is 44.9 Å². The molecule has 29 heavy (non-hydrogen) atoms. The molecular formula is C19H24N4O5S. The molecule has 0 aliphatic rings. The van der Waals surface area contributed by atoms with Gasteiger partial charge >= 0.3 is 0 Å². The number of carbonyl (C=O) groups excluding carboxylic acids is 2. The van der Waals surface area contributed by atoms with Gasteiger partial charge in [0.1, 0.15) is 11.8 Å². The van der Waals surface area contributed by atoms with Gasteiger partial charge in [0, 0.05) is 6.20 Å². The first-order valence-electron chi connectivity index (χ1n) is 8.87. The van der Waals surface area contributed by atoms with E-state index >= 15 is 0 Å². The summed E-state index contributed by atoms with van der Waals surface area (Å²) >= 11 is 0. The number of anilines is 1. The largest absolute Gasteiger partial charge is 0.497 e. The van der Waals surface area contributed by atoms with Crippen molar-refractivity contribution in [1.82, 2.24) is 15.0 Å². The summed E-state index contributed by atoms with van der Waals surface area (Å²) in [5.74, 6) is -0.878. The van der Waals surface area contributed by atoms with E-state index in [0.29, 0.717) is 11.4 Å². The molecule has 1 aromatic carbocycles. The first kappa shape index (κ1) is 22.3. The van der Waals surface area contributed by atoms with E-state index in [0.717, 1.165) is 0 Å². The van der Waals surface area contributed by atoms with Crippen molar-refractivity contribution >= 4 is 27.5 Å². The molecule has 0 bridgehead atoms. The number of amides is 2. The third kappa shape index (κ3) is 6.54. The van der Waals surface area contributed by atoms with Crippen molar-refractivity contribution in [2.75, 3.05) is 19.0 Å². The summed E-state index contributed by atoms with van der Waals surface area (Å²) in [5, 5.41) is 5.04. The lowest BCUT2D eigenvalue weighted by molar-refractivity contribution is -0.126. The fourth-order valence-electron chi connectivity index (χ4n) is 2.40. The number of hydrogen-bond donors (Lipinski definition) is 3. The molecule has 0 unspecified atom stereocenters. The number of nitrogens with zero attached hydrogens (tertiary/aromatic N) is 1. The molecule has 3 N–H and O–H groups in total. The van der Waals surface area contributed by atoms with Gasteiger partial charge in [0.2, 0.25) is 21.8 Å². The lowest BCUT2D eigenvalue weighted by Gasteiger charge is -2.21. The fraction of sp³-hybridized carbons (Fsp3) is 0.316. The van der Waals surface area contributed by atoms with Crippen LogP contribution in [0.15, 0.2) is 53.7 Å². The van der Waals surface area contributed by atoms with Gasteiger partial charge < -0.3 is 15.4 Å². The first-order valence-corrected chi connectivity index (χ1v) is 10.3. The van der Waals surface area contributed by atoms with Crippen molar-refractivity contribution in [2.45, 2.75) is 24.8 Å². The quantitative estimate of drug-likeness (QED) is 0.559. The normalized spacial score (nSPS) is 12.3. The van der Waals surface area contributed by atoms with Crippen LogP contribution in [0, 0.1) is 5.92 Å². The Hall–Kier alpha value is -2.98. The third-order valence-corrected chi connectivity index (χ3v) is 5.43. The van der Waals surface area contributed by atoms with Gasteiger partial charge in [-0.3, -0.25) is 14.6 Å². The molecule has 2 rings (SSSR count). The molecule has 1 atom stereocenters. The molecular weight excluding hydrogens is 396 g/mol. The van der Waals surface area contributed by atoms with Crippen LogP contribution < -0.4 is 20.1 Å². The number of rotatable bonds is 9. The molecule has 0 saturated carbocycles. The van der Waals surface area contributed by atoms with Crippen molar-refractivity contribution in [2.24, 2.45) is 5.92 Å². The molecule has 0 fully saturated rings. The minimum Gasteiger partial charge on any atom is -0.497 e. The number of carbonyl (C=O) groups is 2. The second-order valence-electron chi connectivity index (χ2n) is 6.53. The minimum absolute atomic E-state index is 0.00562. The fourth-order valence-corrected chi connectivity index (χ4v) is 3.75. The molecule has 0 radical (unpaired) electrons. The number of benzene rings is 1. The molecule has 0 aliphatic carbocycles. The molecule has 0 aliphatic heterocycles. The van der Waals surface area contributed by atoms with Crippen molar-refractivity contribution in [1.29, 1.82) is 0 Å². The molecule has 10 heteroatoms. The average Bonchev–Trinajstić information content (AvgIpc) is 2.71. The molecule has 1 aromatic heterocycles. The topological polar surface area (TPSA) is 126 Å². The van der Waals surface area contributed by atoms with Crippen LogP contribution in [-0.2, 0) is 19.6 Å². The van der Waals surface area contributed by atoms with Crippen LogP contribution in [0.5, 0.6) is 5.75 Å². The van der Waals surface area contributed by atoms with Gasteiger partial charge in [0.25, 0.3) is 0 Å². The van der Waals surface area contributed by atoms with Crippen molar-refractivity contribution < 1.29 is 22.7 Å². The maximum atomic E-state index is 12.6. The standard InChI is InChI=1S/C19H24N4O5S/c1-13(2)18(23-29(26,27)16-8-6-15(28-3)7-9-16)19(25)21-12-17(24)22-14-5-4-10-20-11-14/h4-11,13,18,23H,12H2,1-3H3,(H,21,25)(H,22,24)/t18-/m0/s1. The lowest BCUT2D eigenvalue weighted by Crippen LogP contribution is -2.50. The smallest absolute Gasteiger partial charge is 0.243 e. The summed E-state index contributed by atoms with van der Waals surface area (Å²) in [6, 6.07) is 8.08. The number of methoxy groups -OCH3 is 1. The minimum atomic E-state index is -3.94. The second kappa shape index (κ2) is 9.99. The zero-order chi connectivity index (χ0) is 21.4. The van der Waals surface area contributed by atoms with Gasteiger partial charge in [-0.05, 0) is 42.3 Å². The maximum absolute atomic E-state index is 12.6. The van der Waals surface area contributed by atoms with Crippen LogP contribution >= 0.6 is 0 Å². The number of hydrogen-bond acceptors (Lipinski definition) is 6. The van der Waals surface area contributed by atoms with Crippen LogP contribution in [0.4, 0.5) is 5.69 Å². The molecule has 1 heterocycles. The highest BCUT2D eigenvalue weighted by atomic mass is 32.2. The third-order valence-electron chi connectivity index (χ3n) is 3.97. The van der Waals surface area contributed by atoms with Gasteiger partial charge in [-0.1, -0.05) is 13.8 Å². The van der Waals surface area contributed by atoms with Crippen LogP contribution in [0.3, 0.4) is 0 Å². The molecule has 156 valence electrons. The van der Waals surface area contributed by atoms with E-state index in [1.807, 2.05) is 0 Å². The molecule has 2 aromatic rings. The second-order valence-corrected chi connectivity index (χ2v) is 8.24. The predicted octanol–water partition coefficient (Wildman–Crippen LogP) is 1.15. The monoisotopic (exact) mass is 420 g/mol. The van der Waals surface area contributed by atoms with Crippen LogP contribution in [0.25, 0.3) is 0 Å². The van der Waals surface area contributed by atoms with E-state index in [-0.39, 0.29) is 17.4 Å². The van der Waals surface area contributed by atoms with E-state index in [1.54, 1.807) is 32.2 Å². The molecule has 0 saturated heterocycles. The summed E-state index contributed by atoms with van der Waals surface area (Å²) < 4.78 is 32.6. The number of aromatic nitrogens is 1. The maximum Gasteiger partial charge on any atom is 0.243 e. The van der Waals surface area contributed by atoms with E-state index in [1.165, 1.54) is 37.6 Å². The SMILES string of the molecule is COc1ccc(S(=O)(=O)N[C@H](C(=O)NCC(=O)Nc2cccnc2)C(C)C)cc1. The molecule has 0 spiro atoms. The molecule has 2 amide bonds. The Bertz CT molecular complexity index is 931. The summed E-state index contributed by atoms with van der Waals surface area (Å²) in [6.07, 6.45) is 3.04. The number of pyridine rings is 1. The van der Waals surface area contributed by atoms with E-state index in [4.69, 9.17) is 4.74 Å². The Labute approximate surface area is 169 Å². The number of nitrogens with one attached hydrogen (secondary N) is 3. The molecule has 9 nitrogen and oxygen atoms in total. The van der Waals surface area contributed by atoms with E-state index < -0.39 is 27.9 Å². The highest BCUT2D eigenvalue weighted by molar-refractivity contribution is 7.89. The highest BCUT2D eigenvalue weighted by Crippen LogP contribution is 2.16.